The molecule has 2 aromatic carbocycles. The number of amides is 1. The molecule has 1 saturated carbocycles. The molecule has 3 rings (SSSR count). The number of rotatable bonds is 7. The van der Waals surface area contributed by atoms with Gasteiger partial charge >= 0.3 is 0 Å². The van der Waals surface area contributed by atoms with Crippen LogP contribution >= 0.6 is 0 Å². The minimum absolute atomic E-state index is 0.0144. The van der Waals surface area contributed by atoms with Crippen LogP contribution in [-0.4, -0.2) is 27.0 Å². The summed E-state index contributed by atoms with van der Waals surface area (Å²) >= 11 is 0. The van der Waals surface area contributed by atoms with Gasteiger partial charge in [0.05, 0.1) is 17.2 Å². The summed E-state index contributed by atoms with van der Waals surface area (Å²) in [6.45, 7) is 2.34. The molecule has 1 aliphatic rings. The lowest BCUT2D eigenvalue weighted by Gasteiger charge is -2.12. The predicted molar refractivity (Wildman–Crippen MR) is 95.3 cm³/mol. The van der Waals surface area contributed by atoms with Gasteiger partial charge in [-0.05, 0) is 50.1 Å². The minimum atomic E-state index is -3.60. The third kappa shape index (κ3) is 4.37. The highest BCUT2D eigenvalue weighted by Gasteiger charge is 2.28. The van der Waals surface area contributed by atoms with Crippen molar-refractivity contribution in [3.63, 3.8) is 0 Å². The van der Waals surface area contributed by atoms with Crippen LogP contribution in [-0.2, 0) is 10.0 Å². The number of sulfonamides is 1. The maximum Gasteiger partial charge on any atom is 0.255 e. The SMILES string of the molecule is CCOc1ccccc1NC(=O)c1cccc(S(=O)(=O)NC2CC2)c1. The Morgan fingerprint density at radius 2 is 1.92 bits per heavy atom. The van der Waals surface area contributed by atoms with Crippen molar-refractivity contribution < 1.29 is 17.9 Å². The molecular formula is C18H20N2O4S. The van der Waals surface area contributed by atoms with Gasteiger partial charge in [-0.25, -0.2) is 13.1 Å². The fraction of sp³-hybridized carbons (Fsp3) is 0.278. The van der Waals surface area contributed by atoms with Gasteiger partial charge in [-0.1, -0.05) is 18.2 Å². The topological polar surface area (TPSA) is 84.5 Å². The lowest BCUT2D eigenvalue weighted by Crippen LogP contribution is -2.26. The number of anilines is 1. The molecule has 0 aliphatic heterocycles. The van der Waals surface area contributed by atoms with E-state index >= 15 is 0 Å². The lowest BCUT2D eigenvalue weighted by atomic mass is 10.2. The lowest BCUT2D eigenvalue weighted by molar-refractivity contribution is 0.102. The van der Waals surface area contributed by atoms with Gasteiger partial charge in [0.25, 0.3) is 5.91 Å². The van der Waals surface area contributed by atoms with Crippen molar-refractivity contribution in [3.05, 3.63) is 54.1 Å². The number of carbonyl (C=O) groups is 1. The zero-order valence-electron chi connectivity index (χ0n) is 13.9. The molecule has 0 heterocycles. The first kappa shape index (κ1) is 17.4. The van der Waals surface area contributed by atoms with Crippen LogP contribution < -0.4 is 14.8 Å². The minimum Gasteiger partial charge on any atom is -0.492 e. The maximum absolute atomic E-state index is 12.5. The van der Waals surface area contributed by atoms with E-state index in [0.717, 1.165) is 12.8 Å². The van der Waals surface area contributed by atoms with Crippen LogP contribution in [0.5, 0.6) is 5.75 Å². The van der Waals surface area contributed by atoms with E-state index in [9.17, 15) is 13.2 Å². The Hall–Kier alpha value is -2.38. The number of hydrogen-bond acceptors (Lipinski definition) is 4. The van der Waals surface area contributed by atoms with Gasteiger partial charge in [0.1, 0.15) is 5.75 Å². The van der Waals surface area contributed by atoms with Gasteiger partial charge < -0.3 is 10.1 Å². The summed E-state index contributed by atoms with van der Waals surface area (Å²) in [5, 5.41) is 2.76. The molecule has 0 saturated heterocycles. The molecule has 7 heteroatoms. The Labute approximate surface area is 147 Å². The van der Waals surface area contributed by atoms with Crippen molar-refractivity contribution in [2.45, 2.75) is 30.7 Å². The third-order valence-electron chi connectivity index (χ3n) is 3.74. The smallest absolute Gasteiger partial charge is 0.255 e. The van der Waals surface area contributed by atoms with Crippen LogP contribution in [0.3, 0.4) is 0 Å². The van der Waals surface area contributed by atoms with E-state index in [1.54, 1.807) is 30.3 Å². The molecule has 2 N–H and O–H groups in total. The Balaban J connectivity index is 1.80. The standard InChI is InChI=1S/C18H20N2O4S/c1-2-24-17-9-4-3-8-16(17)19-18(21)13-6-5-7-15(12-13)25(22,23)20-14-10-11-14/h3-9,12,14,20H,2,10-11H2,1H3,(H,19,21). The van der Waals surface area contributed by atoms with E-state index < -0.39 is 15.9 Å². The summed E-state index contributed by atoms with van der Waals surface area (Å²) in [5.41, 5.74) is 0.809. The molecule has 2 aromatic rings. The normalized spacial score (nSPS) is 14.1. The molecule has 0 radical (unpaired) electrons. The molecule has 25 heavy (non-hydrogen) atoms. The number of para-hydroxylation sites is 2. The molecule has 0 bridgehead atoms. The molecule has 6 nitrogen and oxygen atoms in total. The molecule has 0 atom stereocenters. The Morgan fingerprint density at radius 3 is 2.64 bits per heavy atom. The summed E-state index contributed by atoms with van der Waals surface area (Å²) in [5.74, 6) is 0.174. The highest BCUT2D eigenvalue weighted by molar-refractivity contribution is 7.89. The summed E-state index contributed by atoms with van der Waals surface area (Å²) in [6.07, 6.45) is 1.71. The van der Waals surface area contributed by atoms with Crippen molar-refractivity contribution in [2.75, 3.05) is 11.9 Å². The van der Waals surface area contributed by atoms with Crippen LogP contribution in [0.25, 0.3) is 0 Å². The number of ether oxygens (including phenoxy) is 1. The first-order chi connectivity index (χ1) is 12.0. The van der Waals surface area contributed by atoms with E-state index in [1.165, 1.54) is 12.1 Å². The van der Waals surface area contributed by atoms with Crippen LogP contribution in [0.4, 0.5) is 5.69 Å². The number of carbonyl (C=O) groups excluding carboxylic acids is 1. The third-order valence-corrected chi connectivity index (χ3v) is 5.26. The summed E-state index contributed by atoms with van der Waals surface area (Å²) in [4.78, 5) is 12.6. The van der Waals surface area contributed by atoms with E-state index in [-0.39, 0.29) is 16.5 Å². The molecule has 0 spiro atoms. The van der Waals surface area contributed by atoms with Crippen molar-refractivity contribution in [3.8, 4) is 5.75 Å². The molecular weight excluding hydrogens is 340 g/mol. The van der Waals surface area contributed by atoms with Crippen molar-refractivity contribution >= 4 is 21.6 Å². The first-order valence-electron chi connectivity index (χ1n) is 8.15. The molecule has 0 aromatic heterocycles. The van der Waals surface area contributed by atoms with E-state index in [2.05, 4.69) is 10.0 Å². The highest BCUT2D eigenvalue weighted by atomic mass is 32.2. The quantitative estimate of drug-likeness (QED) is 0.795. The Kier molecular flexibility index (Phi) is 5.06. The second-order valence-corrected chi connectivity index (χ2v) is 7.52. The van der Waals surface area contributed by atoms with E-state index in [0.29, 0.717) is 18.0 Å². The molecule has 0 unspecified atom stereocenters. The molecule has 1 aliphatic carbocycles. The number of hydrogen-bond donors (Lipinski definition) is 2. The fourth-order valence-corrected chi connectivity index (χ4v) is 3.69. The average molecular weight is 360 g/mol. The zero-order valence-corrected chi connectivity index (χ0v) is 14.7. The van der Waals surface area contributed by atoms with Crippen molar-refractivity contribution in [1.29, 1.82) is 0 Å². The van der Waals surface area contributed by atoms with Crippen molar-refractivity contribution in [2.24, 2.45) is 0 Å². The predicted octanol–water partition coefficient (Wildman–Crippen LogP) is 2.78. The second-order valence-electron chi connectivity index (χ2n) is 5.81. The Bertz CT molecular complexity index is 876. The van der Waals surface area contributed by atoms with E-state index in [1.807, 2.05) is 13.0 Å². The highest BCUT2D eigenvalue weighted by Crippen LogP contribution is 2.25. The average Bonchev–Trinajstić information content (AvgIpc) is 3.40. The van der Waals surface area contributed by atoms with E-state index in [4.69, 9.17) is 4.74 Å². The summed E-state index contributed by atoms with van der Waals surface area (Å²) < 4.78 is 32.7. The van der Waals surface area contributed by atoms with Crippen LogP contribution in [0.15, 0.2) is 53.4 Å². The summed E-state index contributed by atoms with van der Waals surface area (Å²) in [6, 6.07) is 13.1. The molecule has 132 valence electrons. The van der Waals surface area contributed by atoms with Gasteiger partial charge in [-0.3, -0.25) is 4.79 Å². The van der Waals surface area contributed by atoms with Crippen molar-refractivity contribution in [1.82, 2.24) is 4.72 Å². The fourth-order valence-electron chi connectivity index (χ4n) is 2.34. The summed E-state index contributed by atoms with van der Waals surface area (Å²) in [7, 11) is -3.60. The van der Waals surface area contributed by atoms with Crippen LogP contribution in [0, 0.1) is 0 Å². The van der Waals surface area contributed by atoms with Gasteiger partial charge in [-0.15, -0.1) is 0 Å². The monoisotopic (exact) mass is 360 g/mol. The number of nitrogens with one attached hydrogen (secondary N) is 2. The largest absolute Gasteiger partial charge is 0.492 e. The maximum atomic E-state index is 12.5. The number of benzene rings is 2. The molecule has 1 fully saturated rings. The van der Waals surface area contributed by atoms with Crippen LogP contribution in [0.2, 0.25) is 0 Å². The van der Waals surface area contributed by atoms with Gasteiger partial charge in [0, 0.05) is 11.6 Å². The molecule has 1 amide bonds. The Morgan fingerprint density at radius 1 is 1.16 bits per heavy atom. The first-order valence-corrected chi connectivity index (χ1v) is 9.63. The van der Waals surface area contributed by atoms with Gasteiger partial charge in [-0.2, -0.15) is 0 Å². The van der Waals surface area contributed by atoms with Crippen LogP contribution in [0.1, 0.15) is 30.1 Å². The van der Waals surface area contributed by atoms with Gasteiger partial charge in [0.15, 0.2) is 0 Å². The van der Waals surface area contributed by atoms with Gasteiger partial charge in [0.2, 0.25) is 10.0 Å². The second kappa shape index (κ2) is 7.25. The zero-order chi connectivity index (χ0) is 17.9.